The first-order chi connectivity index (χ1) is 8.76. The van der Waals surface area contributed by atoms with Gasteiger partial charge in [-0.25, -0.2) is 0 Å². The first-order valence-corrected chi connectivity index (χ1v) is 8.35. The zero-order valence-corrected chi connectivity index (χ0v) is 12.9. The van der Waals surface area contributed by atoms with E-state index in [0.717, 1.165) is 6.54 Å². The number of nitrogens with one attached hydrogen (secondary N) is 1. The molecule has 0 amide bonds. The van der Waals surface area contributed by atoms with Gasteiger partial charge in [0.2, 0.25) is 0 Å². The second kappa shape index (κ2) is 9.46. The average molecular weight is 265 g/mol. The third kappa shape index (κ3) is 6.46. The Morgan fingerprint density at radius 3 is 2.44 bits per heavy atom. The number of rotatable bonds is 9. The van der Waals surface area contributed by atoms with E-state index in [0.29, 0.717) is 6.04 Å². The second-order valence-corrected chi connectivity index (χ2v) is 5.86. The van der Waals surface area contributed by atoms with E-state index in [9.17, 15) is 0 Å². The van der Waals surface area contributed by atoms with E-state index in [1.54, 1.807) is 11.8 Å². The maximum Gasteiger partial charge on any atom is 0.0207 e. The van der Waals surface area contributed by atoms with Crippen LogP contribution in [0.2, 0.25) is 0 Å². The molecule has 0 aliphatic rings. The molecule has 0 aliphatic heterocycles. The van der Waals surface area contributed by atoms with Crippen LogP contribution in [0.3, 0.4) is 0 Å². The summed E-state index contributed by atoms with van der Waals surface area (Å²) < 4.78 is 0. The highest BCUT2D eigenvalue weighted by molar-refractivity contribution is 7.98. The smallest absolute Gasteiger partial charge is 0.0207 e. The van der Waals surface area contributed by atoms with Gasteiger partial charge >= 0.3 is 0 Å². The van der Waals surface area contributed by atoms with Crippen LogP contribution >= 0.6 is 11.8 Å². The zero-order valence-electron chi connectivity index (χ0n) is 12.0. The molecule has 1 nitrogen and oxygen atoms in total. The quantitative estimate of drug-likeness (QED) is 0.505. The summed E-state index contributed by atoms with van der Waals surface area (Å²) in [7, 11) is 0. The Kier molecular flexibility index (Phi) is 8.19. The van der Waals surface area contributed by atoms with Crippen molar-refractivity contribution in [1.82, 2.24) is 5.32 Å². The van der Waals surface area contributed by atoms with Crippen molar-refractivity contribution in [3.63, 3.8) is 0 Å². The van der Waals surface area contributed by atoms with Gasteiger partial charge in [0.1, 0.15) is 0 Å². The van der Waals surface area contributed by atoms with Crippen molar-refractivity contribution in [2.24, 2.45) is 0 Å². The molecule has 1 rings (SSSR count). The minimum Gasteiger partial charge on any atom is -0.310 e. The summed E-state index contributed by atoms with van der Waals surface area (Å²) in [6, 6.07) is 9.48. The Bertz CT molecular complexity index is 307. The minimum atomic E-state index is 0.627. The summed E-state index contributed by atoms with van der Waals surface area (Å²) in [6.07, 6.45) is 8.85. The van der Waals surface area contributed by atoms with Crippen molar-refractivity contribution in [2.75, 3.05) is 6.26 Å². The third-order valence-electron chi connectivity index (χ3n) is 3.30. The standard InChI is InChI=1S/C16H27NS/c1-4-5-6-7-8-14(2)17-13-15-9-11-16(18-3)12-10-15/h9-12,14,17H,4-8,13H2,1-3H3. The molecule has 1 aromatic rings. The third-order valence-corrected chi connectivity index (χ3v) is 4.05. The van der Waals surface area contributed by atoms with E-state index in [-0.39, 0.29) is 0 Å². The van der Waals surface area contributed by atoms with Crippen LogP contribution in [0.5, 0.6) is 0 Å². The van der Waals surface area contributed by atoms with Gasteiger partial charge in [-0.3, -0.25) is 0 Å². The van der Waals surface area contributed by atoms with Crippen molar-refractivity contribution in [3.8, 4) is 0 Å². The normalized spacial score (nSPS) is 12.6. The lowest BCUT2D eigenvalue weighted by molar-refractivity contribution is 0.482. The minimum absolute atomic E-state index is 0.627. The lowest BCUT2D eigenvalue weighted by Crippen LogP contribution is -2.25. The predicted octanol–water partition coefficient (Wildman–Crippen LogP) is 4.86. The summed E-state index contributed by atoms with van der Waals surface area (Å²) in [5.41, 5.74) is 1.38. The van der Waals surface area contributed by atoms with Crippen molar-refractivity contribution in [3.05, 3.63) is 29.8 Å². The van der Waals surface area contributed by atoms with Gasteiger partial charge in [-0.15, -0.1) is 11.8 Å². The Morgan fingerprint density at radius 2 is 1.83 bits per heavy atom. The number of thioether (sulfide) groups is 1. The zero-order chi connectivity index (χ0) is 13.2. The topological polar surface area (TPSA) is 12.0 Å². The van der Waals surface area contributed by atoms with E-state index in [4.69, 9.17) is 0 Å². The van der Waals surface area contributed by atoms with Gasteiger partial charge < -0.3 is 5.32 Å². The summed E-state index contributed by atoms with van der Waals surface area (Å²) in [5, 5.41) is 3.61. The van der Waals surface area contributed by atoms with Crippen molar-refractivity contribution in [1.29, 1.82) is 0 Å². The van der Waals surface area contributed by atoms with Crippen LogP contribution in [0.15, 0.2) is 29.2 Å². The van der Waals surface area contributed by atoms with Crippen molar-refractivity contribution in [2.45, 2.75) is 63.4 Å². The molecule has 1 unspecified atom stereocenters. The Balaban J connectivity index is 2.18. The van der Waals surface area contributed by atoms with Crippen LogP contribution < -0.4 is 5.32 Å². The van der Waals surface area contributed by atoms with Crippen molar-refractivity contribution >= 4 is 11.8 Å². The van der Waals surface area contributed by atoms with Crippen LogP contribution in [0, 0.1) is 0 Å². The second-order valence-electron chi connectivity index (χ2n) is 4.98. The number of hydrogen-bond donors (Lipinski definition) is 1. The van der Waals surface area contributed by atoms with Gasteiger partial charge in [-0.2, -0.15) is 0 Å². The summed E-state index contributed by atoms with van der Waals surface area (Å²) >= 11 is 1.80. The highest BCUT2D eigenvalue weighted by Crippen LogP contribution is 2.15. The Labute approximate surface area is 117 Å². The van der Waals surface area contributed by atoms with Crippen LogP contribution in [0.25, 0.3) is 0 Å². The van der Waals surface area contributed by atoms with E-state index in [1.165, 1.54) is 42.6 Å². The van der Waals surface area contributed by atoms with Gasteiger partial charge in [-0.05, 0) is 37.3 Å². The SMILES string of the molecule is CCCCCCC(C)NCc1ccc(SC)cc1. The van der Waals surface area contributed by atoms with Crippen LogP contribution in [-0.2, 0) is 6.54 Å². The fraction of sp³-hybridized carbons (Fsp3) is 0.625. The molecule has 2 heteroatoms. The van der Waals surface area contributed by atoms with Gasteiger partial charge in [0, 0.05) is 17.5 Å². The van der Waals surface area contributed by atoms with E-state index in [2.05, 4.69) is 49.7 Å². The maximum atomic E-state index is 3.61. The number of unbranched alkanes of at least 4 members (excludes halogenated alkanes) is 3. The molecule has 0 heterocycles. The molecule has 1 N–H and O–H groups in total. The largest absolute Gasteiger partial charge is 0.310 e. The molecule has 0 fully saturated rings. The first-order valence-electron chi connectivity index (χ1n) is 7.12. The van der Waals surface area contributed by atoms with Crippen LogP contribution in [-0.4, -0.2) is 12.3 Å². The fourth-order valence-electron chi connectivity index (χ4n) is 2.01. The molecule has 18 heavy (non-hydrogen) atoms. The highest BCUT2D eigenvalue weighted by atomic mass is 32.2. The number of benzene rings is 1. The molecule has 0 radical (unpaired) electrons. The molecule has 0 saturated heterocycles. The monoisotopic (exact) mass is 265 g/mol. The fourth-order valence-corrected chi connectivity index (χ4v) is 2.42. The van der Waals surface area contributed by atoms with Crippen molar-refractivity contribution < 1.29 is 0 Å². The summed E-state index contributed by atoms with van der Waals surface area (Å²) in [4.78, 5) is 1.34. The van der Waals surface area contributed by atoms with Gasteiger partial charge in [0.25, 0.3) is 0 Å². The molecule has 1 atom stereocenters. The molecule has 0 saturated carbocycles. The lowest BCUT2D eigenvalue weighted by Gasteiger charge is -2.13. The van der Waals surface area contributed by atoms with Gasteiger partial charge in [0.05, 0.1) is 0 Å². The molecule has 1 aromatic carbocycles. The van der Waals surface area contributed by atoms with Crippen LogP contribution in [0.1, 0.15) is 51.5 Å². The molecule has 0 bridgehead atoms. The lowest BCUT2D eigenvalue weighted by atomic mass is 10.1. The van der Waals surface area contributed by atoms with Gasteiger partial charge in [0.15, 0.2) is 0 Å². The maximum absolute atomic E-state index is 3.61. The van der Waals surface area contributed by atoms with E-state index < -0.39 is 0 Å². The van der Waals surface area contributed by atoms with Crippen LogP contribution in [0.4, 0.5) is 0 Å². The summed E-state index contributed by atoms with van der Waals surface area (Å²) in [6.45, 7) is 5.55. The molecule has 0 aromatic heterocycles. The molecule has 102 valence electrons. The Hall–Kier alpha value is -0.470. The average Bonchev–Trinajstić information content (AvgIpc) is 2.42. The van der Waals surface area contributed by atoms with E-state index in [1.807, 2.05) is 0 Å². The molecule has 0 spiro atoms. The highest BCUT2D eigenvalue weighted by Gasteiger charge is 2.01. The van der Waals surface area contributed by atoms with E-state index >= 15 is 0 Å². The Morgan fingerprint density at radius 1 is 1.11 bits per heavy atom. The molecular formula is C16H27NS. The summed E-state index contributed by atoms with van der Waals surface area (Å²) in [5.74, 6) is 0. The molecule has 0 aliphatic carbocycles. The van der Waals surface area contributed by atoms with Gasteiger partial charge in [-0.1, -0.05) is 44.7 Å². The number of hydrogen-bond acceptors (Lipinski definition) is 2. The predicted molar refractivity (Wildman–Crippen MR) is 83.3 cm³/mol. The first kappa shape index (κ1) is 15.6. The molecular weight excluding hydrogens is 238 g/mol.